The second kappa shape index (κ2) is 5.19. The topological polar surface area (TPSA) is 69.4 Å². The van der Waals surface area contributed by atoms with Crippen LogP contribution in [0.4, 0.5) is 0 Å². The van der Waals surface area contributed by atoms with Crippen LogP contribution >= 0.6 is 0 Å². The van der Waals surface area contributed by atoms with Gasteiger partial charge in [0.05, 0.1) is 17.7 Å². The van der Waals surface area contributed by atoms with Crippen molar-refractivity contribution in [3.05, 3.63) is 11.7 Å². The Hall–Kier alpha value is -0.980. The second-order valence-corrected chi connectivity index (χ2v) is 6.14. The third kappa shape index (κ3) is 3.52. The van der Waals surface area contributed by atoms with E-state index in [-0.39, 0.29) is 17.2 Å². The van der Waals surface area contributed by atoms with Gasteiger partial charge in [0.25, 0.3) is 0 Å². The number of methoxy groups -OCH3 is 1. The Morgan fingerprint density at radius 2 is 2.11 bits per heavy atom. The molecule has 1 aliphatic heterocycles. The molecular formula is C13H23N3O3. The summed E-state index contributed by atoms with van der Waals surface area (Å²) in [5.41, 5.74) is -0.296. The van der Waals surface area contributed by atoms with Crippen LogP contribution in [0.1, 0.15) is 45.8 Å². The van der Waals surface area contributed by atoms with E-state index in [0.717, 1.165) is 6.42 Å². The van der Waals surface area contributed by atoms with E-state index in [1.807, 2.05) is 0 Å². The Kier molecular flexibility index (Phi) is 3.94. The van der Waals surface area contributed by atoms with Gasteiger partial charge in [-0.3, -0.25) is 0 Å². The first-order valence-corrected chi connectivity index (χ1v) is 6.56. The van der Waals surface area contributed by atoms with Crippen molar-refractivity contribution in [3.63, 3.8) is 0 Å². The van der Waals surface area contributed by atoms with Gasteiger partial charge in [0.15, 0.2) is 5.82 Å². The molecule has 6 nitrogen and oxygen atoms in total. The van der Waals surface area contributed by atoms with E-state index in [1.165, 1.54) is 0 Å². The fraction of sp³-hybridized carbons (Fsp3) is 0.846. The van der Waals surface area contributed by atoms with Gasteiger partial charge in [0.2, 0.25) is 5.89 Å². The molecule has 0 amide bonds. The van der Waals surface area contributed by atoms with Crippen molar-refractivity contribution in [2.24, 2.45) is 0 Å². The highest BCUT2D eigenvalue weighted by atomic mass is 16.5. The zero-order chi connectivity index (χ0) is 14.1. The van der Waals surface area contributed by atoms with Crippen LogP contribution in [-0.4, -0.2) is 34.5 Å². The fourth-order valence-electron chi connectivity index (χ4n) is 2.64. The van der Waals surface area contributed by atoms with Crippen LogP contribution < -0.4 is 5.32 Å². The lowest BCUT2D eigenvalue weighted by Gasteiger charge is -2.27. The molecule has 1 aliphatic rings. The molecule has 0 radical (unpaired) electrons. The molecule has 1 saturated heterocycles. The van der Waals surface area contributed by atoms with E-state index in [1.54, 1.807) is 7.11 Å². The molecule has 1 fully saturated rings. The van der Waals surface area contributed by atoms with Gasteiger partial charge in [-0.1, -0.05) is 5.16 Å². The minimum absolute atomic E-state index is 0.1000. The summed E-state index contributed by atoms with van der Waals surface area (Å²) in [7, 11) is 1.61. The maximum absolute atomic E-state index is 6.03. The van der Waals surface area contributed by atoms with Crippen molar-refractivity contribution < 1.29 is 14.0 Å². The van der Waals surface area contributed by atoms with Crippen LogP contribution in [0.15, 0.2) is 4.52 Å². The lowest BCUT2D eigenvalue weighted by molar-refractivity contribution is -0.0700. The third-order valence-electron chi connectivity index (χ3n) is 3.36. The van der Waals surface area contributed by atoms with Gasteiger partial charge in [-0.2, -0.15) is 4.98 Å². The molecule has 0 aromatic carbocycles. The minimum atomic E-state index is -0.196. The molecule has 2 rings (SSSR count). The lowest BCUT2D eigenvalue weighted by atomic mass is 9.94. The Morgan fingerprint density at radius 3 is 2.68 bits per heavy atom. The Labute approximate surface area is 113 Å². The van der Waals surface area contributed by atoms with Crippen molar-refractivity contribution >= 4 is 0 Å². The summed E-state index contributed by atoms with van der Waals surface area (Å²) in [5, 5.41) is 7.27. The number of ether oxygens (including phenoxy) is 2. The number of hydrogen-bond donors (Lipinski definition) is 1. The molecule has 0 spiro atoms. The smallest absolute Gasteiger partial charge is 0.240 e. The van der Waals surface area contributed by atoms with Crippen molar-refractivity contribution in [2.75, 3.05) is 7.11 Å². The zero-order valence-electron chi connectivity index (χ0n) is 12.3. The van der Waals surface area contributed by atoms with E-state index in [9.17, 15) is 0 Å². The summed E-state index contributed by atoms with van der Waals surface area (Å²) in [6, 6.07) is 0.264. The molecule has 108 valence electrons. The molecule has 6 heteroatoms. The molecule has 1 N–H and O–H groups in total. The van der Waals surface area contributed by atoms with Crippen LogP contribution in [0.25, 0.3) is 0 Å². The van der Waals surface area contributed by atoms with Gasteiger partial charge in [-0.05, 0) is 34.1 Å². The highest BCUT2D eigenvalue weighted by Crippen LogP contribution is 2.37. The van der Waals surface area contributed by atoms with Crippen LogP contribution in [0.5, 0.6) is 0 Å². The average molecular weight is 269 g/mol. The molecule has 1 aromatic heterocycles. The standard InChI is InChI=1S/C13H23N3O3/c1-12(2)6-9(13(3,4)19-12)14-7-11-15-10(8-17-5)16-18-11/h9,14H,6-8H2,1-5H3/t9-/m0/s1. The number of rotatable bonds is 5. The van der Waals surface area contributed by atoms with Crippen molar-refractivity contribution in [2.45, 2.75) is 64.5 Å². The van der Waals surface area contributed by atoms with Gasteiger partial charge in [0, 0.05) is 13.2 Å². The third-order valence-corrected chi connectivity index (χ3v) is 3.36. The van der Waals surface area contributed by atoms with Crippen molar-refractivity contribution in [1.82, 2.24) is 15.5 Å². The zero-order valence-corrected chi connectivity index (χ0v) is 12.3. The first-order valence-electron chi connectivity index (χ1n) is 6.56. The van der Waals surface area contributed by atoms with Crippen LogP contribution in [0.2, 0.25) is 0 Å². The second-order valence-electron chi connectivity index (χ2n) is 6.14. The molecule has 0 aliphatic carbocycles. The summed E-state index contributed by atoms with van der Waals surface area (Å²) in [6.45, 7) is 9.34. The van der Waals surface area contributed by atoms with Gasteiger partial charge in [0.1, 0.15) is 6.61 Å². The van der Waals surface area contributed by atoms with E-state index in [4.69, 9.17) is 14.0 Å². The summed E-state index contributed by atoms with van der Waals surface area (Å²) < 4.78 is 16.1. The Bertz CT molecular complexity index is 429. The Morgan fingerprint density at radius 1 is 1.37 bits per heavy atom. The first kappa shape index (κ1) is 14.4. The molecule has 2 heterocycles. The van der Waals surface area contributed by atoms with Crippen LogP contribution in [0, 0.1) is 0 Å². The summed E-state index contributed by atoms with van der Waals surface area (Å²) in [4.78, 5) is 4.24. The number of hydrogen-bond acceptors (Lipinski definition) is 6. The molecule has 0 saturated carbocycles. The highest BCUT2D eigenvalue weighted by Gasteiger charge is 2.45. The SMILES string of the molecule is COCc1noc(CN[C@H]2CC(C)(C)OC2(C)C)n1. The fourth-order valence-corrected chi connectivity index (χ4v) is 2.64. The molecule has 19 heavy (non-hydrogen) atoms. The lowest BCUT2D eigenvalue weighted by Crippen LogP contribution is -2.43. The Balaban J connectivity index is 1.91. The van der Waals surface area contributed by atoms with Crippen LogP contribution in [-0.2, 0) is 22.6 Å². The van der Waals surface area contributed by atoms with E-state index >= 15 is 0 Å². The van der Waals surface area contributed by atoms with Gasteiger partial charge in [-0.25, -0.2) is 0 Å². The number of nitrogens with zero attached hydrogens (tertiary/aromatic N) is 2. The quantitative estimate of drug-likeness (QED) is 0.876. The largest absolute Gasteiger partial charge is 0.377 e. The normalized spacial score (nSPS) is 24.8. The van der Waals surface area contributed by atoms with Gasteiger partial charge >= 0.3 is 0 Å². The predicted molar refractivity (Wildman–Crippen MR) is 69.5 cm³/mol. The van der Waals surface area contributed by atoms with E-state index < -0.39 is 0 Å². The monoisotopic (exact) mass is 269 g/mol. The molecule has 1 aromatic rings. The highest BCUT2D eigenvalue weighted by molar-refractivity contribution is 4.99. The summed E-state index contributed by atoms with van der Waals surface area (Å²) >= 11 is 0. The van der Waals surface area contributed by atoms with Crippen LogP contribution in [0.3, 0.4) is 0 Å². The number of nitrogens with one attached hydrogen (secondary N) is 1. The first-order chi connectivity index (χ1) is 8.82. The van der Waals surface area contributed by atoms with E-state index in [0.29, 0.717) is 24.9 Å². The van der Waals surface area contributed by atoms with Gasteiger partial charge in [-0.15, -0.1) is 0 Å². The predicted octanol–water partition coefficient (Wildman–Crippen LogP) is 1.65. The maximum atomic E-state index is 6.03. The molecule has 0 unspecified atom stereocenters. The van der Waals surface area contributed by atoms with Crippen molar-refractivity contribution in [3.8, 4) is 0 Å². The van der Waals surface area contributed by atoms with Crippen molar-refractivity contribution in [1.29, 1.82) is 0 Å². The molecular weight excluding hydrogens is 246 g/mol. The summed E-state index contributed by atoms with van der Waals surface area (Å²) in [5.74, 6) is 1.15. The maximum Gasteiger partial charge on any atom is 0.240 e. The molecule has 1 atom stereocenters. The number of aromatic nitrogens is 2. The minimum Gasteiger partial charge on any atom is -0.377 e. The van der Waals surface area contributed by atoms with Gasteiger partial charge < -0.3 is 19.3 Å². The summed E-state index contributed by atoms with van der Waals surface area (Å²) in [6.07, 6.45) is 0.957. The molecule has 0 bridgehead atoms. The van der Waals surface area contributed by atoms with E-state index in [2.05, 4.69) is 43.2 Å². The average Bonchev–Trinajstić information content (AvgIpc) is 2.78.